The van der Waals surface area contributed by atoms with E-state index < -0.39 is 26.5 Å². The van der Waals surface area contributed by atoms with Crippen molar-refractivity contribution in [2.75, 3.05) is 26.4 Å². The molecule has 0 bridgehead atoms. The Labute approximate surface area is 499 Å². The Kier molecular flexibility index (Phi) is 63.6. The summed E-state index contributed by atoms with van der Waals surface area (Å²) >= 11 is 0. The van der Waals surface area contributed by atoms with Gasteiger partial charge in [0, 0.05) is 19.4 Å². The van der Waals surface area contributed by atoms with Crippen molar-refractivity contribution in [1.82, 2.24) is 0 Å². The second-order valence-electron chi connectivity index (χ2n) is 22.3. The molecule has 0 spiro atoms. The van der Waals surface area contributed by atoms with Crippen molar-refractivity contribution in [2.45, 2.75) is 315 Å². The Bertz CT molecular complexity index is 1650. The molecule has 9 nitrogen and oxygen atoms in total. The number of esters is 2. The van der Waals surface area contributed by atoms with Crippen LogP contribution in [0, 0.1) is 0 Å². The summed E-state index contributed by atoms with van der Waals surface area (Å²) < 4.78 is 33.2. The first-order chi connectivity index (χ1) is 39.8. The third-order valence-corrected chi connectivity index (χ3v) is 15.5. The molecule has 10 heteroatoms. The van der Waals surface area contributed by atoms with E-state index in [2.05, 4.69) is 111 Å². The monoisotopic (exact) mass is 1150 g/mol. The predicted molar refractivity (Wildman–Crippen MR) is 348 cm³/mol. The zero-order valence-corrected chi connectivity index (χ0v) is 53.4. The van der Waals surface area contributed by atoms with Crippen molar-refractivity contribution >= 4 is 19.8 Å². The number of rotatable bonds is 63. The highest BCUT2D eigenvalue weighted by Gasteiger charge is 2.26. The van der Waals surface area contributed by atoms with Crippen LogP contribution in [-0.2, 0) is 32.7 Å². The van der Waals surface area contributed by atoms with Gasteiger partial charge in [-0.3, -0.25) is 18.6 Å². The van der Waals surface area contributed by atoms with Gasteiger partial charge in [-0.1, -0.05) is 317 Å². The molecular weight excluding hydrogens is 1030 g/mol. The molecule has 0 saturated heterocycles. The van der Waals surface area contributed by atoms with Crippen LogP contribution in [0.3, 0.4) is 0 Å². The number of nitrogens with two attached hydrogens (primary N) is 1. The first-order valence-electron chi connectivity index (χ1n) is 33.7. The van der Waals surface area contributed by atoms with E-state index in [0.29, 0.717) is 6.42 Å². The summed E-state index contributed by atoms with van der Waals surface area (Å²) in [4.78, 5) is 35.3. The highest BCUT2D eigenvalue weighted by Crippen LogP contribution is 2.43. The lowest BCUT2D eigenvalue weighted by Gasteiger charge is -2.19. The maximum absolute atomic E-state index is 12.8. The number of allylic oxidation sites excluding steroid dienone is 16. The summed E-state index contributed by atoms with van der Waals surface area (Å²) in [5.41, 5.74) is 5.40. The number of carbonyl (C=O) groups is 2. The maximum atomic E-state index is 12.8. The molecule has 2 unspecified atom stereocenters. The van der Waals surface area contributed by atoms with Crippen LogP contribution in [0.25, 0.3) is 0 Å². The molecule has 0 aliphatic carbocycles. The van der Waals surface area contributed by atoms with Crippen molar-refractivity contribution in [2.24, 2.45) is 5.73 Å². The summed E-state index contributed by atoms with van der Waals surface area (Å²) in [6.07, 6.45) is 89.2. The Hall–Kier alpha value is -3.07. The zero-order valence-electron chi connectivity index (χ0n) is 52.5. The number of phosphoric ester groups is 1. The summed E-state index contributed by atoms with van der Waals surface area (Å²) in [6.45, 7) is 3.66. The average molecular weight is 1150 g/mol. The van der Waals surface area contributed by atoms with E-state index in [1.807, 2.05) is 0 Å². The van der Waals surface area contributed by atoms with E-state index in [1.54, 1.807) is 0 Å². The normalized spacial score (nSPS) is 13.6. The van der Waals surface area contributed by atoms with Crippen molar-refractivity contribution in [3.63, 3.8) is 0 Å². The molecule has 0 rings (SSSR count). The van der Waals surface area contributed by atoms with Crippen molar-refractivity contribution < 1.29 is 37.6 Å². The lowest BCUT2D eigenvalue weighted by Crippen LogP contribution is -2.29. The van der Waals surface area contributed by atoms with Crippen LogP contribution in [-0.4, -0.2) is 49.3 Å². The Morgan fingerprint density at radius 3 is 1.01 bits per heavy atom. The minimum Gasteiger partial charge on any atom is -0.462 e. The third kappa shape index (κ3) is 65.9. The molecule has 81 heavy (non-hydrogen) atoms. The third-order valence-electron chi connectivity index (χ3n) is 14.5. The molecule has 0 fully saturated rings. The van der Waals surface area contributed by atoms with Crippen molar-refractivity contribution in [3.8, 4) is 0 Å². The number of phosphoric acid groups is 1. The SMILES string of the molecule is CC/C=C\C/C=C\C/C=C\C/C=C\C/C=C\C/C=C\C/C=C\C/C=C\CCCCCCCCCCC(=O)OC(COC(=O)CCCCCCCCCCCCCCCCCCCCCCCCCCCCC)COP(=O)(O)OCCN. The quantitative estimate of drug-likeness (QED) is 0.0264. The zero-order chi connectivity index (χ0) is 58.7. The Morgan fingerprint density at radius 1 is 0.383 bits per heavy atom. The van der Waals surface area contributed by atoms with E-state index in [0.717, 1.165) is 96.3 Å². The number of unbranched alkanes of at least 4 members (excludes halogenated alkanes) is 34. The average Bonchev–Trinajstić information content (AvgIpc) is 3.46. The molecule has 0 radical (unpaired) electrons. The van der Waals surface area contributed by atoms with Gasteiger partial charge in [-0.15, -0.1) is 0 Å². The van der Waals surface area contributed by atoms with Gasteiger partial charge in [0.05, 0.1) is 13.2 Å². The van der Waals surface area contributed by atoms with E-state index in [1.165, 1.54) is 180 Å². The van der Waals surface area contributed by atoms with Crippen LogP contribution >= 0.6 is 7.82 Å². The molecule has 2 atom stereocenters. The Balaban J connectivity index is 3.94. The highest BCUT2D eigenvalue weighted by molar-refractivity contribution is 7.47. The van der Waals surface area contributed by atoms with Crippen LogP contribution in [0.4, 0.5) is 0 Å². The number of carbonyl (C=O) groups excluding carboxylic acids is 2. The minimum absolute atomic E-state index is 0.0491. The molecule has 0 aromatic heterocycles. The van der Waals surface area contributed by atoms with Gasteiger partial charge in [-0.2, -0.15) is 0 Å². The summed E-state index contributed by atoms with van der Waals surface area (Å²) in [5, 5.41) is 0. The summed E-state index contributed by atoms with van der Waals surface area (Å²) in [6, 6.07) is 0. The van der Waals surface area contributed by atoms with Crippen LogP contribution in [0.1, 0.15) is 309 Å². The molecule has 3 N–H and O–H groups in total. The first-order valence-corrected chi connectivity index (χ1v) is 35.2. The van der Waals surface area contributed by atoms with Gasteiger partial charge in [0.25, 0.3) is 0 Å². The molecule has 0 saturated carbocycles. The van der Waals surface area contributed by atoms with Gasteiger partial charge in [0.1, 0.15) is 6.61 Å². The smallest absolute Gasteiger partial charge is 0.462 e. The van der Waals surface area contributed by atoms with Crippen molar-refractivity contribution in [3.05, 3.63) is 97.2 Å². The lowest BCUT2D eigenvalue weighted by molar-refractivity contribution is -0.161. The van der Waals surface area contributed by atoms with Gasteiger partial charge >= 0.3 is 19.8 Å². The molecule has 0 heterocycles. The maximum Gasteiger partial charge on any atom is 0.472 e. The van der Waals surface area contributed by atoms with Gasteiger partial charge in [-0.25, -0.2) is 4.57 Å². The standard InChI is InChI=1S/C71H126NO8P/c1-3-5-7-9-11-13-15-17-19-21-23-25-27-29-31-32-33-34-35-36-38-40-42-44-46-48-50-52-54-56-58-60-62-64-71(74)80-69(68-79-81(75,76)78-66-65-72)67-77-70(73)63-61-59-57-55-53-51-49-47-45-43-41-39-37-30-28-26-24-22-20-18-16-14-12-10-8-6-4-2/h5,7,11,13,17,19,23,25,29,31,33-34,36,38,42,44,69H,3-4,6,8-10,12,14-16,18,20-22,24,26-28,30,32,35,37,39-41,43,45-68,72H2,1-2H3,(H,75,76)/b7-5-,13-11-,19-17-,25-23-,31-29-,34-33-,38-36-,44-42-. The Morgan fingerprint density at radius 2 is 0.679 bits per heavy atom. The summed E-state index contributed by atoms with van der Waals surface area (Å²) in [7, 11) is -4.40. The van der Waals surface area contributed by atoms with Crippen LogP contribution in [0.15, 0.2) is 97.2 Å². The fraction of sp³-hybridized carbons (Fsp3) is 0.746. The number of ether oxygens (including phenoxy) is 2. The van der Waals surface area contributed by atoms with Gasteiger partial charge in [0.15, 0.2) is 6.10 Å². The molecular formula is C71H126NO8P. The van der Waals surface area contributed by atoms with Gasteiger partial charge in [0.2, 0.25) is 0 Å². The minimum atomic E-state index is -4.40. The van der Waals surface area contributed by atoms with Gasteiger partial charge < -0.3 is 20.1 Å². The second-order valence-corrected chi connectivity index (χ2v) is 23.8. The summed E-state index contributed by atoms with van der Waals surface area (Å²) in [5.74, 6) is -0.829. The second kappa shape index (κ2) is 66.1. The van der Waals surface area contributed by atoms with Crippen LogP contribution < -0.4 is 5.73 Å². The molecule has 468 valence electrons. The fourth-order valence-electron chi connectivity index (χ4n) is 9.54. The van der Waals surface area contributed by atoms with Crippen LogP contribution in [0.2, 0.25) is 0 Å². The van der Waals surface area contributed by atoms with Crippen LogP contribution in [0.5, 0.6) is 0 Å². The van der Waals surface area contributed by atoms with E-state index in [4.69, 9.17) is 24.3 Å². The largest absolute Gasteiger partial charge is 0.472 e. The predicted octanol–water partition coefficient (Wildman–Crippen LogP) is 22.0. The van der Waals surface area contributed by atoms with E-state index >= 15 is 0 Å². The number of hydrogen-bond acceptors (Lipinski definition) is 8. The lowest BCUT2D eigenvalue weighted by atomic mass is 10.0. The molecule has 0 amide bonds. The van der Waals surface area contributed by atoms with Crippen molar-refractivity contribution in [1.29, 1.82) is 0 Å². The number of hydrogen-bond donors (Lipinski definition) is 2. The molecule has 0 aromatic carbocycles. The fourth-order valence-corrected chi connectivity index (χ4v) is 10.3. The first kappa shape index (κ1) is 77.9. The molecule has 0 aliphatic rings. The van der Waals surface area contributed by atoms with E-state index in [-0.39, 0.29) is 38.6 Å². The molecule has 0 aromatic rings. The van der Waals surface area contributed by atoms with Gasteiger partial charge in [-0.05, 0) is 77.0 Å². The van der Waals surface area contributed by atoms with E-state index in [9.17, 15) is 19.0 Å². The molecule has 0 aliphatic heterocycles. The topological polar surface area (TPSA) is 134 Å². The highest BCUT2D eigenvalue weighted by atomic mass is 31.2.